The van der Waals surface area contributed by atoms with E-state index >= 15 is 0 Å². The van der Waals surface area contributed by atoms with Gasteiger partial charge in [0.15, 0.2) is 0 Å². The van der Waals surface area contributed by atoms with Crippen LogP contribution >= 0.6 is 22.9 Å². The minimum atomic E-state index is -0.989. The third-order valence-corrected chi connectivity index (χ3v) is 5.49. The molecule has 1 aromatic carbocycles. The van der Waals surface area contributed by atoms with E-state index in [0.717, 1.165) is 10.7 Å². The zero-order valence-electron chi connectivity index (χ0n) is 15.5. The van der Waals surface area contributed by atoms with E-state index in [-0.39, 0.29) is 31.9 Å². The summed E-state index contributed by atoms with van der Waals surface area (Å²) in [7, 11) is 0. The highest BCUT2D eigenvalue weighted by Gasteiger charge is 2.41. The molecule has 2 aromatic rings. The van der Waals surface area contributed by atoms with Crippen molar-refractivity contribution < 1.29 is 19.1 Å². The van der Waals surface area contributed by atoms with Crippen LogP contribution in [0.5, 0.6) is 5.75 Å². The average molecular weight is 424 g/mol. The summed E-state index contributed by atoms with van der Waals surface area (Å²) >= 11 is 7.40. The molecule has 1 atom stereocenters. The number of rotatable bonds is 7. The number of ether oxygens (including phenoxy) is 2. The van der Waals surface area contributed by atoms with Gasteiger partial charge in [-0.3, -0.25) is 9.59 Å². The fourth-order valence-electron chi connectivity index (χ4n) is 3.12. The fraction of sp³-hybridized carbons (Fsp3) is 0.421. The van der Waals surface area contributed by atoms with E-state index in [1.807, 2.05) is 12.3 Å². The lowest BCUT2D eigenvalue weighted by Crippen LogP contribution is -2.58. The first-order valence-electron chi connectivity index (χ1n) is 8.85. The number of thiazole rings is 1. The van der Waals surface area contributed by atoms with Gasteiger partial charge in [0, 0.05) is 16.9 Å². The van der Waals surface area contributed by atoms with Crippen molar-refractivity contribution >= 4 is 34.8 Å². The molecule has 0 bridgehead atoms. The minimum Gasteiger partial charge on any atom is -0.490 e. The largest absolute Gasteiger partial charge is 0.490 e. The number of hydrogen-bond acceptors (Lipinski definition) is 6. The highest BCUT2D eigenvalue weighted by molar-refractivity contribution is 7.09. The zero-order chi connectivity index (χ0) is 20.1. The number of nitrogens with two attached hydrogens (primary N) is 1. The van der Waals surface area contributed by atoms with Crippen molar-refractivity contribution in [1.82, 2.24) is 9.88 Å². The zero-order valence-corrected chi connectivity index (χ0v) is 17.1. The topological polar surface area (TPSA) is 94.8 Å². The number of aromatic nitrogens is 1. The number of halogens is 1. The number of primary amides is 1. The number of carbonyl (C=O) groups is 2. The summed E-state index contributed by atoms with van der Waals surface area (Å²) in [6, 6.07) is 6.89. The lowest BCUT2D eigenvalue weighted by Gasteiger charge is -2.42. The molecular weight excluding hydrogens is 402 g/mol. The van der Waals surface area contributed by atoms with Gasteiger partial charge in [0.1, 0.15) is 18.0 Å². The van der Waals surface area contributed by atoms with Crippen LogP contribution in [-0.4, -0.2) is 53.6 Å². The molecule has 28 heavy (non-hydrogen) atoms. The van der Waals surface area contributed by atoms with Gasteiger partial charge < -0.3 is 20.1 Å². The first-order valence-corrected chi connectivity index (χ1v) is 10.1. The van der Waals surface area contributed by atoms with E-state index in [9.17, 15) is 9.59 Å². The van der Waals surface area contributed by atoms with Crippen LogP contribution in [0, 0.1) is 6.92 Å². The number of aryl methyl sites for hydroxylation is 1. The molecule has 0 saturated carbocycles. The summed E-state index contributed by atoms with van der Waals surface area (Å²) in [6.07, 6.45) is 0.176. The molecule has 0 spiro atoms. The number of hydrogen-bond donors (Lipinski definition) is 1. The monoisotopic (exact) mass is 423 g/mol. The molecule has 0 radical (unpaired) electrons. The Morgan fingerprint density at radius 3 is 2.79 bits per heavy atom. The van der Waals surface area contributed by atoms with E-state index < -0.39 is 11.5 Å². The highest BCUT2D eigenvalue weighted by atomic mass is 35.5. The Hall–Kier alpha value is -2.16. The maximum atomic E-state index is 12.7. The predicted molar refractivity (Wildman–Crippen MR) is 107 cm³/mol. The lowest BCUT2D eigenvalue weighted by molar-refractivity contribution is -0.161. The second kappa shape index (κ2) is 8.89. The maximum absolute atomic E-state index is 12.7. The SMILES string of the molecule is Cc1nc(CC(=O)N2CCOC(COc3ccc(Cl)cc3)(CC(N)=O)C2)cs1. The third kappa shape index (κ3) is 5.43. The smallest absolute Gasteiger partial charge is 0.228 e. The number of nitrogens with zero attached hydrogens (tertiary/aromatic N) is 2. The number of morpholine rings is 1. The summed E-state index contributed by atoms with van der Waals surface area (Å²) in [5, 5.41) is 3.40. The Morgan fingerprint density at radius 1 is 1.39 bits per heavy atom. The van der Waals surface area contributed by atoms with Crippen LogP contribution in [-0.2, 0) is 20.7 Å². The van der Waals surface area contributed by atoms with E-state index in [1.165, 1.54) is 11.3 Å². The van der Waals surface area contributed by atoms with Crippen LogP contribution in [0.3, 0.4) is 0 Å². The van der Waals surface area contributed by atoms with Gasteiger partial charge in [0.2, 0.25) is 11.8 Å². The van der Waals surface area contributed by atoms with Crippen molar-refractivity contribution in [3.05, 3.63) is 45.4 Å². The van der Waals surface area contributed by atoms with Crippen LogP contribution in [0.15, 0.2) is 29.6 Å². The van der Waals surface area contributed by atoms with Crippen LogP contribution in [0.2, 0.25) is 5.02 Å². The summed E-state index contributed by atoms with van der Waals surface area (Å²) in [4.78, 5) is 30.4. The molecule has 2 heterocycles. The molecule has 1 aliphatic rings. The second-order valence-corrected chi connectivity index (χ2v) is 8.27. The molecule has 150 valence electrons. The normalized spacial score (nSPS) is 19.4. The van der Waals surface area contributed by atoms with Crippen molar-refractivity contribution in [3.8, 4) is 5.75 Å². The first kappa shape index (κ1) is 20.6. The Kier molecular flexibility index (Phi) is 6.53. The van der Waals surface area contributed by atoms with Gasteiger partial charge in [-0.2, -0.15) is 0 Å². The molecule has 1 aromatic heterocycles. The van der Waals surface area contributed by atoms with Gasteiger partial charge in [-0.25, -0.2) is 4.98 Å². The lowest BCUT2D eigenvalue weighted by atomic mass is 9.97. The Bertz CT molecular complexity index is 842. The molecule has 2 N–H and O–H groups in total. The van der Waals surface area contributed by atoms with E-state index in [1.54, 1.807) is 29.2 Å². The van der Waals surface area contributed by atoms with E-state index in [2.05, 4.69) is 4.98 Å². The van der Waals surface area contributed by atoms with Gasteiger partial charge >= 0.3 is 0 Å². The standard InChI is InChI=1S/C19H22ClN3O4S/c1-13-22-15(10-28-13)8-18(25)23-6-7-27-19(11-23,9-17(21)24)12-26-16-4-2-14(20)3-5-16/h2-5,10H,6-9,11-12H2,1H3,(H2,21,24). The Morgan fingerprint density at radius 2 is 2.14 bits per heavy atom. The van der Waals surface area contributed by atoms with Crippen LogP contribution in [0.25, 0.3) is 0 Å². The quantitative estimate of drug-likeness (QED) is 0.736. The minimum absolute atomic E-state index is 0.0415. The van der Waals surface area contributed by atoms with Gasteiger partial charge in [-0.05, 0) is 31.2 Å². The van der Waals surface area contributed by atoms with Crippen LogP contribution < -0.4 is 10.5 Å². The summed E-state index contributed by atoms with van der Waals surface area (Å²) in [5.41, 5.74) is 5.20. The average Bonchev–Trinajstić information content (AvgIpc) is 3.05. The third-order valence-electron chi connectivity index (χ3n) is 4.41. The maximum Gasteiger partial charge on any atom is 0.228 e. The van der Waals surface area contributed by atoms with E-state index in [4.69, 9.17) is 26.8 Å². The van der Waals surface area contributed by atoms with Gasteiger partial charge in [0.25, 0.3) is 0 Å². The molecule has 3 rings (SSSR count). The van der Waals surface area contributed by atoms with E-state index in [0.29, 0.717) is 23.9 Å². The fourth-order valence-corrected chi connectivity index (χ4v) is 3.86. The molecule has 1 saturated heterocycles. The van der Waals surface area contributed by atoms with Crippen molar-refractivity contribution in [2.24, 2.45) is 5.73 Å². The summed E-state index contributed by atoms with van der Waals surface area (Å²) in [5.74, 6) is 0.0244. The molecular formula is C19H22ClN3O4S. The van der Waals surface area contributed by atoms with Crippen molar-refractivity contribution in [3.63, 3.8) is 0 Å². The predicted octanol–water partition coefficient (Wildman–Crippen LogP) is 2.20. The summed E-state index contributed by atoms with van der Waals surface area (Å²) < 4.78 is 11.7. The van der Waals surface area contributed by atoms with Gasteiger partial charge in [-0.1, -0.05) is 11.6 Å². The van der Waals surface area contributed by atoms with Gasteiger partial charge in [-0.15, -0.1) is 11.3 Å². The highest BCUT2D eigenvalue weighted by Crippen LogP contribution is 2.25. The molecule has 0 aliphatic carbocycles. The Balaban J connectivity index is 1.69. The summed E-state index contributed by atoms with van der Waals surface area (Å²) in [6.45, 7) is 2.98. The molecule has 9 heteroatoms. The van der Waals surface area contributed by atoms with Crippen LogP contribution in [0.1, 0.15) is 17.1 Å². The molecule has 7 nitrogen and oxygen atoms in total. The van der Waals surface area contributed by atoms with Crippen molar-refractivity contribution in [2.75, 3.05) is 26.3 Å². The number of carbonyl (C=O) groups excluding carboxylic acids is 2. The Labute approximate surface area is 172 Å². The number of benzene rings is 1. The second-order valence-electron chi connectivity index (χ2n) is 6.77. The first-order chi connectivity index (χ1) is 13.3. The molecule has 1 fully saturated rings. The molecule has 2 amide bonds. The van der Waals surface area contributed by atoms with Crippen LogP contribution in [0.4, 0.5) is 0 Å². The van der Waals surface area contributed by atoms with Crippen molar-refractivity contribution in [1.29, 1.82) is 0 Å². The van der Waals surface area contributed by atoms with Crippen molar-refractivity contribution in [2.45, 2.75) is 25.4 Å². The molecule has 1 aliphatic heterocycles. The van der Waals surface area contributed by atoms with Gasteiger partial charge in [0.05, 0.1) is 36.7 Å². The number of amides is 2. The molecule has 1 unspecified atom stereocenters.